The maximum Gasteiger partial charge on any atom is 0.293 e. The molecule has 4 nitrogen and oxygen atoms in total. The number of nitrogens with zero attached hydrogens (tertiary/aromatic N) is 2. The lowest BCUT2D eigenvalue weighted by Crippen LogP contribution is -2.27. The molecule has 0 spiro atoms. The van der Waals surface area contributed by atoms with Gasteiger partial charge in [-0.1, -0.05) is 41.4 Å². The Hall–Kier alpha value is -2.76. The second-order valence-corrected chi connectivity index (χ2v) is 8.82. The van der Waals surface area contributed by atoms with Crippen molar-refractivity contribution in [3.05, 3.63) is 92.6 Å². The highest BCUT2D eigenvalue weighted by molar-refractivity contribution is 8.18. The van der Waals surface area contributed by atoms with Gasteiger partial charge in [0.1, 0.15) is 0 Å². The number of hydrogen-bond donors (Lipinski definition) is 0. The molecule has 1 saturated heterocycles. The number of halogens is 1. The third-order valence-corrected chi connectivity index (χ3v) is 6.30. The van der Waals surface area contributed by atoms with Gasteiger partial charge in [-0.3, -0.25) is 14.5 Å². The minimum absolute atomic E-state index is 0.237. The van der Waals surface area contributed by atoms with Gasteiger partial charge in [-0.15, -0.1) is 0 Å². The maximum absolute atomic E-state index is 12.9. The van der Waals surface area contributed by atoms with E-state index < -0.39 is 0 Å². The number of carbonyl (C=O) groups excluding carboxylic acids is 2. The van der Waals surface area contributed by atoms with Gasteiger partial charge in [0.25, 0.3) is 11.1 Å². The van der Waals surface area contributed by atoms with Gasteiger partial charge in [0.15, 0.2) is 0 Å². The first-order valence-corrected chi connectivity index (χ1v) is 10.8. The van der Waals surface area contributed by atoms with Crippen LogP contribution in [0.3, 0.4) is 0 Å². The second-order valence-electron chi connectivity index (χ2n) is 7.40. The van der Waals surface area contributed by atoms with Gasteiger partial charge in [-0.25, -0.2) is 0 Å². The number of thioether (sulfide) groups is 1. The predicted molar refractivity (Wildman–Crippen MR) is 123 cm³/mol. The van der Waals surface area contributed by atoms with Crippen LogP contribution in [0.25, 0.3) is 11.8 Å². The molecular formula is C24H21ClN2O2S. The molecule has 1 aliphatic rings. The van der Waals surface area contributed by atoms with Crippen molar-refractivity contribution < 1.29 is 9.59 Å². The van der Waals surface area contributed by atoms with Gasteiger partial charge in [-0.2, -0.15) is 0 Å². The fourth-order valence-corrected chi connectivity index (χ4v) is 4.65. The molecule has 2 aromatic carbocycles. The van der Waals surface area contributed by atoms with Crippen LogP contribution < -0.4 is 0 Å². The fraction of sp³-hybridized carbons (Fsp3) is 0.167. The van der Waals surface area contributed by atoms with E-state index in [1.807, 2.05) is 81.4 Å². The van der Waals surface area contributed by atoms with E-state index in [2.05, 4.69) is 4.57 Å². The molecule has 4 rings (SSSR count). The van der Waals surface area contributed by atoms with Crippen LogP contribution in [-0.2, 0) is 11.3 Å². The van der Waals surface area contributed by atoms with Gasteiger partial charge < -0.3 is 4.57 Å². The minimum atomic E-state index is -0.247. The molecule has 0 atom stereocenters. The number of aromatic nitrogens is 1. The molecule has 0 radical (unpaired) electrons. The molecule has 1 aliphatic heterocycles. The highest BCUT2D eigenvalue weighted by Crippen LogP contribution is 2.34. The summed E-state index contributed by atoms with van der Waals surface area (Å²) in [5, 5.41) is 0.447. The van der Waals surface area contributed by atoms with Crippen molar-refractivity contribution in [3.8, 4) is 5.69 Å². The summed E-state index contributed by atoms with van der Waals surface area (Å²) >= 11 is 7.01. The third-order valence-electron chi connectivity index (χ3n) is 5.14. The summed E-state index contributed by atoms with van der Waals surface area (Å²) in [4.78, 5) is 27.2. The standard InChI is InChI=1S/C24H21ClN2O2S/c1-15-5-4-6-18(11-15)14-26-23(28)22(30-24(26)29)13-19-12-16(2)27(17(19)3)21-9-7-20(25)8-10-21/h4-13H,14H2,1-3H3/b22-13+. The lowest BCUT2D eigenvalue weighted by Gasteiger charge is -2.12. The van der Waals surface area contributed by atoms with Crippen molar-refractivity contribution in [2.24, 2.45) is 0 Å². The van der Waals surface area contributed by atoms with Crippen molar-refractivity contribution >= 4 is 40.6 Å². The van der Waals surface area contributed by atoms with Crippen LogP contribution in [0.2, 0.25) is 5.02 Å². The topological polar surface area (TPSA) is 42.3 Å². The molecular weight excluding hydrogens is 416 g/mol. The Morgan fingerprint density at radius 1 is 1.00 bits per heavy atom. The Morgan fingerprint density at radius 2 is 1.73 bits per heavy atom. The molecule has 6 heteroatoms. The van der Waals surface area contributed by atoms with E-state index in [0.717, 1.165) is 45.5 Å². The maximum atomic E-state index is 12.9. The lowest BCUT2D eigenvalue weighted by atomic mass is 10.1. The number of aryl methyl sites for hydroxylation is 2. The zero-order valence-corrected chi connectivity index (χ0v) is 18.6. The molecule has 3 aromatic rings. The van der Waals surface area contributed by atoms with Gasteiger partial charge in [0.2, 0.25) is 0 Å². The Balaban J connectivity index is 1.62. The average Bonchev–Trinajstić information content (AvgIpc) is 3.13. The van der Waals surface area contributed by atoms with E-state index >= 15 is 0 Å². The van der Waals surface area contributed by atoms with E-state index in [1.54, 1.807) is 0 Å². The van der Waals surface area contributed by atoms with E-state index in [9.17, 15) is 9.59 Å². The molecule has 2 amide bonds. The molecule has 0 bridgehead atoms. The fourth-order valence-electron chi connectivity index (χ4n) is 3.69. The number of imide groups is 1. The number of hydrogen-bond acceptors (Lipinski definition) is 3. The second kappa shape index (κ2) is 8.17. The van der Waals surface area contributed by atoms with Crippen LogP contribution in [0.15, 0.2) is 59.5 Å². The number of amides is 2. The molecule has 30 heavy (non-hydrogen) atoms. The third kappa shape index (κ3) is 3.95. The van der Waals surface area contributed by atoms with Gasteiger partial charge in [0, 0.05) is 22.1 Å². The molecule has 152 valence electrons. The summed E-state index contributed by atoms with van der Waals surface area (Å²) in [6.45, 7) is 6.30. The molecule has 0 N–H and O–H groups in total. The van der Waals surface area contributed by atoms with Crippen LogP contribution in [0.5, 0.6) is 0 Å². The summed E-state index contributed by atoms with van der Waals surface area (Å²) in [6.07, 6.45) is 1.82. The Labute approximate surface area is 185 Å². The minimum Gasteiger partial charge on any atom is -0.318 e. The Bertz CT molecular complexity index is 1180. The van der Waals surface area contributed by atoms with E-state index in [0.29, 0.717) is 9.93 Å². The highest BCUT2D eigenvalue weighted by Gasteiger charge is 2.35. The first-order valence-electron chi connectivity index (χ1n) is 9.59. The molecule has 0 aliphatic carbocycles. The first-order chi connectivity index (χ1) is 14.3. The van der Waals surface area contributed by atoms with Crippen LogP contribution >= 0.6 is 23.4 Å². The zero-order valence-electron chi connectivity index (χ0n) is 17.0. The largest absolute Gasteiger partial charge is 0.318 e. The lowest BCUT2D eigenvalue weighted by molar-refractivity contribution is -0.123. The number of rotatable bonds is 4. The van der Waals surface area contributed by atoms with Gasteiger partial charge >= 0.3 is 0 Å². The molecule has 1 fully saturated rings. The highest BCUT2D eigenvalue weighted by atomic mass is 35.5. The summed E-state index contributed by atoms with van der Waals surface area (Å²) in [6, 6.07) is 17.5. The van der Waals surface area contributed by atoms with E-state index in [-0.39, 0.29) is 17.7 Å². The van der Waals surface area contributed by atoms with Gasteiger partial charge in [-0.05, 0) is 80.1 Å². The summed E-state index contributed by atoms with van der Waals surface area (Å²) < 4.78 is 2.11. The summed E-state index contributed by atoms with van der Waals surface area (Å²) in [5.74, 6) is -0.247. The zero-order chi connectivity index (χ0) is 21.4. The Morgan fingerprint density at radius 3 is 2.43 bits per heavy atom. The van der Waals surface area contributed by atoms with Gasteiger partial charge in [0.05, 0.1) is 11.4 Å². The SMILES string of the molecule is Cc1cccc(CN2C(=O)S/C(=C/c3cc(C)n(-c4ccc(Cl)cc4)c3C)C2=O)c1. The molecule has 0 saturated carbocycles. The number of carbonyl (C=O) groups is 2. The van der Waals surface area contributed by atoms with Crippen molar-refractivity contribution in [1.29, 1.82) is 0 Å². The van der Waals surface area contributed by atoms with Crippen molar-refractivity contribution in [2.75, 3.05) is 0 Å². The average molecular weight is 437 g/mol. The molecule has 0 unspecified atom stereocenters. The smallest absolute Gasteiger partial charge is 0.293 e. The monoisotopic (exact) mass is 436 g/mol. The normalized spacial score (nSPS) is 15.5. The van der Waals surface area contributed by atoms with Crippen molar-refractivity contribution in [2.45, 2.75) is 27.3 Å². The Kier molecular flexibility index (Phi) is 5.58. The molecule has 1 aromatic heterocycles. The van der Waals surface area contributed by atoms with Crippen molar-refractivity contribution in [3.63, 3.8) is 0 Å². The van der Waals surface area contributed by atoms with Crippen LogP contribution in [-0.4, -0.2) is 20.6 Å². The van der Waals surface area contributed by atoms with Crippen LogP contribution in [0, 0.1) is 20.8 Å². The quantitative estimate of drug-likeness (QED) is 0.451. The van der Waals surface area contributed by atoms with Crippen LogP contribution in [0.4, 0.5) is 4.79 Å². The molecule has 2 heterocycles. The van der Waals surface area contributed by atoms with Crippen LogP contribution in [0.1, 0.15) is 28.1 Å². The van der Waals surface area contributed by atoms with E-state index in [4.69, 9.17) is 11.6 Å². The first kappa shape index (κ1) is 20.5. The summed E-state index contributed by atoms with van der Waals surface area (Å²) in [5.41, 5.74) is 6.01. The number of benzene rings is 2. The summed E-state index contributed by atoms with van der Waals surface area (Å²) in [7, 11) is 0. The predicted octanol–water partition coefficient (Wildman–Crippen LogP) is 6.29. The van der Waals surface area contributed by atoms with Crippen molar-refractivity contribution in [1.82, 2.24) is 9.47 Å². The van der Waals surface area contributed by atoms with E-state index in [1.165, 1.54) is 4.90 Å².